The summed E-state index contributed by atoms with van der Waals surface area (Å²) < 4.78 is 62.0. The maximum absolute atomic E-state index is 12.4. The third-order valence-corrected chi connectivity index (χ3v) is 4.87. The molecular formula is C10H12BrF3N2O3S. The monoisotopic (exact) mass is 376 g/mol. The summed E-state index contributed by atoms with van der Waals surface area (Å²) in [6.45, 7) is -3.05. The summed E-state index contributed by atoms with van der Waals surface area (Å²) in [7, 11) is -4.38. The van der Waals surface area contributed by atoms with E-state index in [2.05, 4.69) is 15.9 Å². The second kappa shape index (κ2) is 6.29. The van der Waals surface area contributed by atoms with Gasteiger partial charge in [0, 0.05) is 16.7 Å². The number of nitrogens with zero attached hydrogens (tertiary/aromatic N) is 1. The largest absolute Gasteiger partial charge is 0.402 e. The minimum absolute atomic E-state index is 0.0852. The van der Waals surface area contributed by atoms with E-state index in [1.54, 1.807) is 0 Å². The van der Waals surface area contributed by atoms with Crippen molar-refractivity contribution in [1.29, 1.82) is 0 Å². The Balaban J connectivity index is 3.18. The third kappa shape index (κ3) is 4.33. The van der Waals surface area contributed by atoms with E-state index in [0.717, 1.165) is 12.1 Å². The predicted molar refractivity (Wildman–Crippen MR) is 70.5 cm³/mol. The number of nitrogens with two attached hydrogens (primary N) is 1. The van der Waals surface area contributed by atoms with E-state index in [-0.39, 0.29) is 14.9 Å². The molecule has 0 saturated heterocycles. The molecule has 0 aromatic heterocycles. The zero-order valence-corrected chi connectivity index (χ0v) is 12.5. The van der Waals surface area contributed by atoms with Gasteiger partial charge in [0.1, 0.15) is 6.54 Å². The highest BCUT2D eigenvalue weighted by Crippen LogP contribution is 2.26. The van der Waals surface area contributed by atoms with Crippen LogP contribution < -0.4 is 5.73 Å². The van der Waals surface area contributed by atoms with Gasteiger partial charge in [-0.25, -0.2) is 8.42 Å². The molecule has 1 rings (SSSR count). The molecule has 10 heteroatoms. The van der Waals surface area contributed by atoms with Crippen molar-refractivity contribution >= 4 is 31.6 Å². The lowest BCUT2D eigenvalue weighted by molar-refractivity contribution is -0.136. The molecule has 5 nitrogen and oxygen atoms in total. The molecule has 0 spiro atoms. The molecule has 114 valence electrons. The van der Waals surface area contributed by atoms with Crippen LogP contribution in [-0.2, 0) is 10.0 Å². The molecule has 20 heavy (non-hydrogen) atoms. The Morgan fingerprint density at radius 2 is 1.95 bits per heavy atom. The van der Waals surface area contributed by atoms with Crippen molar-refractivity contribution in [1.82, 2.24) is 4.31 Å². The zero-order chi connectivity index (χ0) is 15.6. The molecule has 1 aromatic carbocycles. The second-order valence-corrected chi connectivity index (χ2v) is 6.65. The number of hydrogen-bond acceptors (Lipinski definition) is 4. The van der Waals surface area contributed by atoms with Crippen LogP contribution in [0.15, 0.2) is 27.6 Å². The van der Waals surface area contributed by atoms with E-state index >= 15 is 0 Å². The zero-order valence-electron chi connectivity index (χ0n) is 10.1. The van der Waals surface area contributed by atoms with Crippen molar-refractivity contribution in [2.45, 2.75) is 11.1 Å². The Bertz CT molecular complexity index is 578. The van der Waals surface area contributed by atoms with Crippen LogP contribution in [0.5, 0.6) is 0 Å². The number of benzene rings is 1. The van der Waals surface area contributed by atoms with Crippen molar-refractivity contribution in [3.05, 3.63) is 22.7 Å². The Kier molecular flexibility index (Phi) is 5.41. The molecule has 0 aliphatic carbocycles. The highest BCUT2D eigenvalue weighted by atomic mass is 79.9. The number of anilines is 1. The van der Waals surface area contributed by atoms with E-state index < -0.39 is 35.9 Å². The molecule has 0 radical (unpaired) electrons. The first-order valence-electron chi connectivity index (χ1n) is 5.30. The van der Waals surface area contributed by atoms with Gasteiger partial charge in [0.2, 0.25) is 10.0 Å². The lowest BCUT2D eigenvalue weighted by atomic mass is 10.3. The molecule has 0 fully saturated rings. The normalized spacial score (nSPS) is 12.9. The van der Waals surface area contributed by atoms with Gasteiger partial charge in [-0.05, 0) is 34.1 Å². The fourth-order valence-electron chi connectivity index (χ4n) is 1.43. The fraction of sp³-hybridized carbons (Fsp3) is 0.400. The predicted octanol–water partition coefficient (Wildman–Crippen LogP) is 1.58. The van der Waals surface area contributed by atoms with Crippen LogP contribution in [0.1, 0.15) is 0 Å². The van der Waals surface area contributed by atoms with Crippen LogP contribution in [-0.4, -0.2) is 43.7 Å². The first-order chi connectivity index (χ1) is 9.08. The lowest BCUT2D eigenvalue weighted by Crippen LogP contribution is -2.40. The first kappa shape index (κ1) is 17.2. The van der Waals surface area contributed by atoms with Gasteiger partial charge in [-0.1, -0.05) is 0 Å². The average Bonchev–Trinajstić information content (AvgIpc) is 2.30. The topological polar surface area (TPSA) is 83.6 Å². The summed E-state index contributed by atoms with van der Waals surface area (Å²) >= 11 is 3.06. The molecule has 0 unspecified atom stereocenters. The van der Waals surface area contributed by atoms with Gasteiger partial charge in [0.25, 0.3) is 0 Å². The Labute approximate surface area is 122 Å². The van der Waals surface area contributed by atoms with Crippen LogP contribution in [0, 0.1) is 0 Å². The standard InChI is InChI=1S/C10H12BrF3N2O3S/c11-8-2-1-7(5-9(8)15)20(18,19)16(3-4-17)6-10(12,13)14/h1-2,5,17H,3-4,6,15H2. The molecule has 0 aliphatic rings. The molecule has 3 N–H and O–H groups in total. The van der Waals surface area contributed by atoms with E-state index in [1.807, 2.05) is 0 Å². The van der Waals surface area contributed by atoms with Crippen molar-refractivity contribution in [3.63, 3.8) is 0 Å². The van der Waals surface area contributed by atoms with E-state index in [1.165, 1.54) is 6.07 Å². The maximum atomic E-state index is 12.4. The fourth-order valence-corrected chi connectivity index (χ4v) is 3.13. The van der Waals surface area contributed by atoms with Gasteiger partial charge >= 0.3 is 6.18 Å². The quantitative estimate of drug-likeness (QED) is 0.764. The summed E-state index contributed by atoms with van der Waals surface area (Å²) in [6.07, 6.45) is -4.71. The summed E-state index contributed by atoms with van der Waals surface area (Å²) in [5, 5.41) is 8.74. The number of sulfonamides is 1. The number of rotatable bonds is 5. The summed E-state index contributed by atoms with van der Waals surface area (Å²) in [4.78, 5) is -0.365. The van der Waals surface area contributed by atoms with E-state index in [0.29, 0.717) is 4.47 Å². The molecule has 0 bridgehead atoms. The second-order valence-electron chi connectivity index (χ2n) is 3.86. The summed E-state index contributed by atoms with van der Waals surface area (Å²) in [6, 6.07) is 3.52. The number of halogens is 4. The summed E-state index contributed by atoms with van der Waals surface area (Å²) in [5.41, 5.74) is 5.60. The average molecular weight is 377 g/mol. The molecule has 0 heterocycles. The van der Waals surface area contributed by atoms with E-state index in [4.69, 9.17) is 10.8 Å². The van der Waals surface area contributed by atoms with Crippen LogP contribution in [0.2, 0.25) is 0 Å². The molecule has 0 aliphatic heterocycles. The Morgan fingerprint density at radius 1 is 1.35 bits per heavy atom. The highest BCUT2D eigenvalue weighted by Gasteiger charge is 2.36. The van der Waals surface area contributed by atoms with Crippen LogP contribution in [0.4, 0.5) is 18.9 Å². The van der Waals surface area contributed by atoms with Crippen LogP contribution in [0.3, 0.4) is 0 Å². The molecule has 0 saturated carbocycles. The smallest absolute Gasteiger partial charge is 0.398 e. The molecule has 0 atom stereocenters. The maximum Gasteiger partial charge on any atom is 0.402 e. The Morgan fingerprint density at radius 3 is 2.40 bits per heavy atom. The highest BCUT2D eigenvalue weighted by molar-refractivity contribution is 9.10. The number of hydrogen-bond donors (Lipinski definition) is 2. The van der Waals surface area contributed by atoms with Gasteiger partial charge in [0.15, 0.2) is 0 Å². The number of aliphatic hydroxyl groups excluding tert-OH is 1. The van der Waals surface area contributed by atoms with Crippen molar-refractivity contribution in [2.75, 3.05) is 25.4 Å². The van der Waals surface area contributed by atoms with Crippen molar-refractivity contribution in [3.8, 4) is 0 Å². The van der Waals surface area contributed by atoms with E-state index in [9.17, 15) is 21.6 Å². The van der Waals surface area contributed by atoms with Crippen molar-refractivity contribution < 1.29 is 26.7 Å². The van der Waals surface area contributed by atoms with Gasteiger partial charge in [-0.3, -0.25) is 0 Å². The number of alkyl halides is 3. The van der Waals surface area contributed by atoms with Gasteiger partial charge in [0.05, 0.1) is 11.5 Å². The minimum Gasteiger partial charge on any atom is -0.398 e. The van der Waals surface area contributed by atoms with Crippen molar-refractivity contribution in [2.24, 2.45) is 0 Å². The van der Waals surface area contributed by atoms with Crippen LogP contribution in [0.25, 0.3) is 0 Å². The van der Waals surface area contributed by atoms with Crippen LogP contribution >= 0.6 is 15.9 Å². The molecule has 0 amide bonds. The van der Waals surface area contributed by atoms with Gasteiger partial charge in [-0.2, -0.15) is 17.5 Å². The minimum atomic E-state index is -4.71. The Hall–Kier alpha value is -0.840. The first-order valence-corrected chi connectivity index (χ1v) is 7.54. The number of nitrogen functional groups attached to an aromatic ring is 1. The van der Waals surface area contributed by atoms with Gasteiger partial charge < -0.3 is 10.8 Å². The molecular weight excluding hydrogens is 365 g/mol. The summed E-state index contributed by atoms with van der Waals surface area (Å²) in [5.74, 6) is 0. The van der Waals surface area contributed by atoms with Gasteiger partial charge in [-0.15, -0.1) is 0 Å². The SMILES string of the molecule is Nc1cc(S(=O)(=O)N(CCO)CC(F)(F)F)ccc1Br. The lowest BCUT2D eigenvalue weighted by Gasteiger charge is -2.22. The third-order valence-electron chi connectivity index (χ3n) is 2.31. The number of aliphatic hydroxyl groups is 1. The molecule has 1 aromatic rings.